The van der Waals surface area contributed by atoms with Gasteiger partial charge in [0.1, 0.15) is 11.9 Å². The first kappa shape index (κ1) is 25.7. The second-order valence-electron chi connectivity index (χ2n) is 13.0. The largest absolute Gasteiger partial charge is 0.461 e. The number of ether oxygens (including phenoxy) is 1. The van der Waals surface area contributed by atoms with Crippen LogP contribution in [-0.2, 0) is 14.3 Å². The second-order valence-corrected chi connectivity index (χ2v) is 14.2. The lowest BCUT2D eigenvalue weighted by Crippen LogP contribution is -2.86. The number of nitrogens with two attached hydrogens (primary N) is 1. The molecule has 7 heteroatoms. The minimum Gasteiger partial charge on any atom is -0.461 e. The van der Waals surface area contributed by atoms with E-state index >= 15 is 0 Å². The Morgan fingerprint density at radius 2 is 2.00 bits per heavy atom. The summed E-state index contributed by atoms with van der Waals surface area (Å²) in [5.74, 6) is 0.593. The van der Waals surface area contributed by atoms with Gasteiger partial charge in [-0.2, -0.15) is 0 Å². The van der Waals surface area contributed by atoms with Crippen LogP contribution >= 0.6 is 11.8 Å². The van der Waals surface area contributed by atoms with Gasteiger partial charge < -0.3 is 20.7 Å². The summed E-state index contributed by atoms with van der Waals surface area (Å²) in [7, 11) is 0. The smallest absolute Gasteiger partial charge is 0.316 e. The summed E-state index contributed by atoms with van der Waals surface area (Å²) in [4.78, 5) is 26.4. The van der Waals surface area contributed by atoms with Crippen molar-refractivity contribution in [3.8, 4) is 0 Å². The van der Waals surface area contributed by atoms with E-state index in [2.05, 4.69) is 27.4 Å². The minimum atomic E-state index is -0.608. The van der Waals surface area contributed by atoms with Gasteiger partial charge in [0.15, 0.2) is 0 Å². The van der Waals surface area contributed by atoms with Crippen LogP contribution in [0.3, 0.4) is 0 Å². The molecule has 0 radical (unpaired) electrons. The average molecular weight is 506 g/mol. The predicted molar refractivity (Wildman–Crippen MR) is 137 cm³/mol. The molecule has 5 aliphatic carbocycles. The van der Waals surface area contributed by atoms with E-state index in [0.717, 1.165) is 25.7 Å². The quantitative estimate of drug-likeness (QED) is 0.388. The highest BCUT2D eigenvalue weighted by atomic mass is 32.2. The molecule has 6 nitrogen and oxygen atoms in total. The highest BCUT2D eigenvalue weighted by Gasteiger charge is 2.87. The molecule has 35 heavy (non-hydrogen) atoms. The number of aliphatic hydroxyl groups is 2. The summed E-state index contributed by atoms with van der Waals surface area (Å²) in [6, 6.07) is 0.0264. The number of hydrogen-bond donors (Lipinski definition) is 3. The molecule has 0 aliphatic heterocycles. The van der Waals surface area contributed by atoms with Crippen molar-refractivity contribution >= 4 is 23.5 Å². The van der Waals surface area contributed by atoms with E-state index in [1.165, 1.54) is 11.8 Å². The third kappa shape index (κ3) is 3.26. The molecule has 5 rings (SSSR count). The van der Waals surface area contributed by atoms with Crippen LogP contribution in [0.4, 0.5) is 0 Å². The zero-order valence-corrected chi connectivity index (χ0v) is 22.5. The minimum absolute atomic E-state index is 0.00541. The van der Waals surface area contributed by atoms with Gasteiger partial charge in [0.25, 0.3) is 0 Å². The van der Waals surface area contributed by atoms with Crippen LogP contribution in [0, 0.1) is 39.4 Å². The normalized spacial score (nSPS) is 54.9. The molecule has 0 aromatic rings. The Hall–Kier alpha value is -0.890. The molecule has 5 saturated carbocycles. The number of carbonyl (C=O) groups is 2. The monoisotopic (exact) mass is 505 g/mol. The van der Waals surface area contributed by atoms with Gasteiger partial charge >= 0.3 is 5.97 Å². The van der Waals surface area contributed by atoms with Crippen LogP contribution in [0.2, 0.25) is 0 Å². The summed E-state index contributed by atoms with van der Waals surface area (Å²) in [5.41, 5.74) is 4.65. The van der Waals surface area contributed by atoms with Gasteiger partial charge in [0.2, 0.25) is 0 Å². The lowest BCUT2D eigenvalue weighted by Gasteiger charge is -2.85. The number of thioether (sulfide) groups is 1. The molecule has 0 amide bonds. The van der Waals surface area contributed by atoms with Crippen molar-refractivity contribution in [1.82, 2.24) is 0 Å². The Balaban J connectivity index is 1.40. The maximum atomic E-state index is 13.2. The van der Waals surface area contributed by atoms with Crippen molar-refractivity contribution in [3.63, 3.8) is 0 Å². The van der Waals surface area contributed by atoms with E-state index in [4.69, 9.17) is 10.5 Å². The molecular weight excluding hydrogens is 462 g/mol. The Morgan fingerprint density at radius 1 is 1.29 bits per heavy atom. The summed E-state index contributed by atoms with van der Waals surface area (Å²) in [6.07, 6.45) is 5.31. The Kier molecular flexibility index (Phi) is 6.11. The molecule has 0 heterocycles. The molecule has 4 N–H and O–H groups in total. The van der Waals surface area contributed by atoms with Gasteiger partial charge in [-0.3, -0.25) is 9.59 Å². The zero-order valence-electron chi connectivity index (χ0n) is 21.7. The van der Waals surface area contributed by atoms with E-state index in [-0.39, 0.29) is 57.0 Å². The zero-order chi connectivity index (χ0) is 25.6. The highest BCUT2D eigenvalue weighted by Crippen LogP contribution is 2.87. The van der Waals surface area contributed by atoms with Gasteiger partial charge in [-0.05, 0) is 61.7 Å². The summed E-state index contributed by atoms with van der Waals surface area (Å²) < 4.78 is 6.29. The Morgan fingerprint density at radius 3 is 2.66 bits per heavy atom. The molecule has 196 valence electrons. The van der Waals surface area contributed by atoms with Crippen LogP contribution in [0.5, 0.6) is 0 Å². The lowest BCUT2D eigenvalue weighted by molar-refractivity contribution is -0.379. The van der Waals surface area contributed by atoms with Crippen molar-refractivity contribution < 1.29 is 24.5 Å². The molecule has 5 aliphatic rings. The van der Waals surface area contributed by atoms with Crippen LogP contribution in [0.1, 0.15) is 72.6 Å². The molecule has 5 fully saturated rings. The van der Waals surface area contributed by atoms with E-state index in [1.54, 1.807) is 0 Å². The first-order valence-electron chi connectivity index (χ1n) is 13.5. The Bertz CT molecular complexity index is 927. The molecule has 0 saturated heterocycles. The van der Waals surface area contributed by atoms with Crippen molar-refractivity contribution in [2.45, 2.75) is 102 Å². The maximum Gasteiger partial charge on any atom is 0.316 e. The molecule has 2 bridgehead atoms. The standard InChI is InChI=1S/C28H43NO5S/c1-6-25(4)12-21(34-22(32)13-35-19-8-7-17(29)11-18(19)30)26(5)16(3)28-14-27(24(26)28,10-9-20(28)31)15(2)23(25)33/h6,15-19,21,23-24,30,33H,1,7-14,29H2,2-5H3/t15-,16-,17+,18+,19+,21+,23-,24-,25+,26-,27+,28-/m0/s1. The van der Waals surface area contributed by atoms with Crippen LogP contribution < -0.4 is 5.73 Å². The number of hydrogen-bond acceptors (Lipinski definition) is 7. The van der Waals surface area contributed by atoms with Gasteiger partial charge in [-0.15, -0.1) is 18.3 Å². The van der Waals surface area contributed by atoms with E-state index < -0.39 is 23.7 Å². The third-order valence-electron chi connectivity index (χ3n) is 11.7. The molecule has 0 aromatic carbocycles. The van der Waals surface area contributed by atoms with E-state index in [1.807, 2.05) is 13.0 Å². The summed E-state index contributed by atoms with van der Waals surface area (Å²) >= 11 is 1.46. The fourth-order valence-corrected chi connectivity index (χ4v) is 10.6. The average Bonchev–Trinajstić information content (AvgIpc) is 2.81. The fraction of sp³-hybridized carbons (Fsp3) is 0.857. The first-order valence-corrected chi connectivity index (χ1v) is 14.5. The summed E-state index contributed by atoms with van der Waals surface area (Å²) in [6.45, 7) is 12.7. The number of rotatable bonds is 5. The maximum absolute atomic E-state index is 13.2. The third-order valence-corrected chi connectivity index (χ3v) is 13.1. The van der Waals surface area contributed by atoms with Gasteiger partial charge in [-0.25, -0.2) is 0 Å². The van der Waals surface area contributed by atoms with Crippen LogP contribution in [-0.4, -0.2) is 57.3 Å². The fourth-order valence-electron chi connectivity index (χ4n) is 9.56. The van der Waals surface area contributed by atoms with Crippen molar-refractivity contribution in [1.29, 1.82) is 0 Å². The SMILES string of the molecule is C=C[C@]1(C)C[C@@H](OC(=O)CS[C@@H]2CC[C@@H](N)C[C@H]2O)[C@]2(C)[C@H](C)[C@@]34C[C@](CCC3=O)([C@@H](C)[C@@H]1O)[C@@H]42. The van der Waals surface area contributed by atoms with Crippen LogP contribution in [0.25, 0.3) is 0 Å². The molecular formula is C28H43NO5S. The van der Waals surface area contributed by atoms with Crippen molar-refractivity contribution in [2.75, 3.05) is 5.75 Å². The first-order chi connectivity index (χ1) is 16.4. The Labute approximate surface area is 213 Å². The topological polar surface area (TPSA) is 110 Å². The van der Waals surface area contributed by atoms with E-state index in [9.17, 15) is 19.8 Å². The van der Waals surface area contributed by atoms with Gasteiger partial charge in [-0.1, -0.05) is 33.8 Å². The highest BCUT2D eigenvalue weighted by molar-refractivity contribution is 8.00. The second kappa shape index (κ2) is 8.31. The number of aliphatic hydroxyl groups excluding tert-OH is 2. The van der Waals surface area contributed by atoms with Crippen molar-refractivity contribution in [2.24, 2.45) is 45.1 Å². The van der Waals surface area contributed by atoms with E-state index in [0.29, 0.717) is 25.0 Å². The van der Waals surface area contributed by atoms with Crippen LogP contribution in [0.15, 0.2) is 12.7 Å². The number of esters is 1. The molecule has 12 atom stereocenters. The number of ketones is 1. The van der Waals surface area contributed by atoms with Gasteiger partial charge in [0, 0.05) is 34.0 Å². The molecule has 2 spiro atoms. The number of carbonyl (C=O) groups excluding carboxylic acids is 2. The number of Topliss-reactive ketones (excluding diaryl/α,β-unsaturated/α-hetero) is 1. The summed E-state index contributed by atoms with van der Waals surface area (Å²) in [5, 5.41) is 22.0. The molecule has 0 unspecified atom stereocenters. The predicted octanol–water partition coefficient (Wildman–Crippen LogP) is 3.48. The molecule has 0 aromatic heterocycles. The lowest BCUT2D eigenvalue weighted by atomic mass is 9.17. The van der Waals surface area contributed by atoms with Crippen molar-refractivity contribution in [3.05, 3.63) is 12.7 Å². The van der Waals surface area contributed by atoms with Gasteiger partial charge in [0.05, 0.1) is 18.0 Å².